The van der Waals surface area contributed by atoms with Gasteiger partial charge in [-0.05, 0) is 36.4 Å². The van der Waals surface area contributed by atoms with Crippen LogP contribution >= 0.6 is 0 Å². The first-order chi connectivity index (χ1) is 13.2. The Bertz CT molecular complexity index is 953. The number of nitrogen functional groups attached to an aromatic ring is 1. The largest absolute Gasteiger partial charge is 0.378 e. The van der Waals surface area contributed by atoms with Gasteiger partial charge in [0, 0.05) is 30.7 Å². The number of benzene rings is 1. The van der Waals surface area contributed by atoms with Gasteiger partial charge < -0.3 is 20.7 Å². The van der Waals surface area contributed by atoms with Crippen LogP contribution in [0.25, 0.3) is 5.82 Å². The Kier molecular flexibility index (Phi) is 4.55. The number of nitrogens with one attached hydrogen (secondary N) is 1. The van der Waals surface area contributed by atoms with Gasteiger partial charge in [-0.15, -0.1) is 5.10 Å². The number of hydrogen-bond donors (Lipinski definition) is 2. The van der Waals surface area contributed by atoms with Crippen molar-refractivity contribution in [2.75, 3.05) is 42.3 Å². The fourth-order valence-corrected chi connectivity index (χ4v) is 2.83. The highest BCUT2D eigenvalue weighted by atomic mass is 16.5. The standard InChI is InChI=1S/C18H18N8O/c19-11-13-1-6-16(21-12-13)26-17(20)23-18(24-26)22-14-2-4-15(5-3-14)25-7-9-27-10-8-25/h1-6,12H,7-10H2,(H3,20,22,23,24). The van der Waals surface area contributed by atoms with Crippen molar-refractivity contribution in [2.24, 2.45) is 0 Å². The van der Waals surface area contributed by atoms with E-state index in [1.807, 2.05) is 18.2 Å². The third-order valence-electron chi connectivity index (χ3n) is 4.23. The van der Waals surface area contributed by atoms with Gasteiger partial charge in [-0.3, -0.25) is 0 Å². The van der Waals surface area contributed by atoms with Gasteiger partial charge in [-0.2, -0.15) is 14.9 Å². The van der Waals surface area contributed by atoms with Crippen molar-refractivity contribution in [3.8, 4) is 11.9 Å². The molecule has 0 amide bonds. The lowest BCUT2D eigenvalue weighted by atomic mass is 10.2. The molecule has 4 rings (SSSR count). The number of nitriles is 1. The average Bonchev–Trinajstić information content (AvgIpc) is 3.09. The molecule has 9 nitrogen and oxygen atoms in total. The topological polar surface area (TPSA) is 118 Å². The van der Waals surface area contributed by atoms with Crippen molar-refractivity contribution in [1.82, 2.24) is 19.7 Å². The molecule has 0 radical (unpaired) electrons. The molecule has 2 aromatic heterocycles. The highest BCUT2D eigenvalue weighted by Crippen LogP contribution is 2.21. The monoisotopic (exact) mass is 362 g/mol. The summed E-state index contributed by atoms with van der Waals surface area (Å²) in [5, 5.41) is 16.3. The van der Waals surface area contributed by atoms with E-state index >= 15 is 0 Å². The second kappa shape index (κ2) is 7.31. The van der Waals surface area contributed by atoms with E-state index in [1.54, 1.807) is 12.1 Å². The summed E-state index contributed by atoms with van der Waals surface area (Å²) in [6.45, 7) is 3.30. The highest BCUT2D eigenvalue weighted by molar-refractivity contribution is 5.60. The minimum atomic E-state index is 0.208. The Balaban J connectivity index is 1.49. The molecule has 0 unspecified atom stereocenters. The first kappa shape index (κ1) is 16.8. The van der Waals surface area contributed by atoms with Gasteiger partial charge in [0.1, 0.15) is 6.07 Å². The molecule has 136 valence electrons. The maximum atomic E-state index is 8.86. The predicted octanol–water partition coefficient (Wildman–Crippen LogP) is 1.70. The molecule has 1 aliphatic heterocycles. The van der Waals surface area contributed by atoms with E-state index in [-0.39, 0.29) is 5.95 Å². The van der Waals surface area contributed by atoms with E-state index in [0.29, 0.717) is 17.3 Å². The zero-order chi connectivity index (χ0) is 18.6. The molecule has 9 heteroatoms. The summed E-state index contributed by atoms with van der Waals surface area (Å²) < 4.78 is 6.80. The van der Waals surface area contributed by atoms with E-state index in [9.17, 15) is 0 Å². The molecule has 27 heavy (non-hydrogen) atoms. The van der Waals surface area contributed by atoms with Crippen molar-refractivity contribution in [3.05, 3.63) is 48.2 Å². The molecule has 3 N–H and O–H groups in total. The van der Waals surface area contributed by atoms with Crippen molar-refractivity contribution in [3.63, 3.8) is 0 Å². The third kappa shape index (κ3) is 3.65. The van der Waals surface area contributed by atoms with Crippen LogP contribution in [0.2, 0.25) is 0 Å². The van der Waals surface area contributed by atoms with Gasteiger partial charge in [0.05, 0.1) is 18.8 Å². The minimum Gasteiger partial charge on any atom is -0.378 e. The lowest BCUT2D eigenvalue weighted by Crippen LogP contribution is -2.36. The van der Waals surface area contributed by atoms with Crippen LogP contribution in [-0.4, -0.2) is 46.1 Å². The molecular formula is C18H18N8O. The van der Waals surface area contributed by atoms with Crippen LogP contribution in [0.3, 0.4) is 0 Å². The van der Waals surface area contributed by atoms with Crippen molar-refractivity contribution < 1.29 is 4.74 Å². The molecule has 1 aromatic carbocycles. The molecule has 0 bridgehead atoms. The summed E-state index contributed by atoms with van der Waals surface area (Å²) in [6, 6.07) is 13.4. The normalized spacial score (nSPS) is 14.0. The fourth-order valence-electron chi connectivity index (χ4n) is 2.83. The third-order valence-corrected chi connectivity index (χ3v) is 4.23. The van der Waals surface area contributed by atoms with Gasteiger partial charge in [-0.1, -0.05) is 0 Å². The number of nitrogens with zero attached hydrogens (tertiary/aromatic N) is 6. The van der Waals surface area contributed by atoms with E-state index in [0.717, 1.165) is 37.7 Å². The number of pyridine rings is 1. The fraction of sp³-hybridized carbons (Fsp3) is 0.222. The van der Waals surface area contributed by atoms with Crippen LogP contribution in [0.5, 0.6) is 0 Å². The number of anilines is 4. The van der Waals surface area contributed by atoms with E-state index in [2.05, 4.69) is 37.4 Å². The minimum absolute atomic E-state index is 0.208. The second-order valence-electron chi connectivity index (χ2n) is 5.99. The number of nitrogens with two attached hydrogens (primary N) is 1. The molecule has 3 aromatic rings. The zero-order valence-corrected chi connectivity index (χ0v) is 14.5. The number of morpholine rings is 1. The van der Waals surface area contributed by atoms with Crippen LogP contribution < -0.4 is 16.0 Å². The van der Waals surface area contributed by atoms with Gasteiger partial charge in [0.2, 0.25) is 11.9 Å². The van der Waals surface area contributed by atoms with E-state index in [4.69, 9.17) is 15.7 Å². The number of rotatable bonds is 4. The van der Waals surface area contributed by atoms with Crippen LogP contribution in [0.15, 0.2) is 42.6 Å². The Morgan fingerprint density at radius 3 is 2.56 bits per heavy atom. The van der Waals surface area contributed by atoms with Gasteiger partial charge in [0.15, 0.2) is 5.82 Å². The maximum absolute atomic E-state index is 8.86. The van der Waals surface area contributed by atoms with Crippen molar-refractivity contribution >= 4 is 23.3 Å². The summed E-state index contributed by atoms with van der Waals surface area (Å²) >= 11 is 0. The Morgan fingerprint density at radius 1 is 1.11 bits per heavy atom. The summed E-state index contributed by atoms with van der Waals surface area (Å²) in [7, 11) is 0. The smallest absolute Gasteiger partial charge is 0.248 e. The lowest BCUT2D eigenvalue weighted by Gasteiger charge is -2.28. The first-order valence-electron chi connectivity index (χ1n) is 8.52. The molecule has 0 spiro atoms. The quantitative estimate of drug-likeness (QED) is 0.720. The molecule has 1 aliphatic rings. The van der Waals surface area contributed by atoms with Crippen molar-refractivity contribution in [2.45, 2.75) is 0 Å². The molecule has 1 saturated heterocycles. The van der Waals surface area contributed by atoms with Gasteiger partial charge >= 0.3 is 0 Å². The lowest BCUT2D eigenvalue weighted by molar-refractivity contribution is 0.122. The summed E-state index contributed by atoms with van der Waals surface area (Å²) in [4.78, 5) is 10.7. The Hall–Kier alpha value is -3.64. The molecular weight excluding hydrogens is 344 g/mol. The van der Waals surface area contributed by atoms with Gasteiger partial charge in [0.25, 0.3) is 0 Å². The molecule has 1 fully saturated rings. The van der Waals surface area contributed by atoms with Gasteiger partial charge in [-0.25, -0.2) is 4.98 Å². The first-order valence-corrected chi connectivity index (χ1v) is 8.52. The Morgan fingerprint density at radius 2 is 1.89 bits per heavy atom. The molecule has 0 saturated carbocycles. The summed E-state index contributed by atoms with van der Waals surface area (Å²) in [5.74, 6) is 1.08. The van der Waals surface area contributed by atoms with Crippen LogP contribution in [0.1, 0.15) is 5.56 Å². The summed E-state index contributed by atoms with van der Waals surface area (Å²) in [6.07, 6.45) is 1.47. The molecule has 0 atom stereocenters. The van der Waals surface area contributed by atoms with E-state index in [1.165, 1.54) is 10.9 Å². The molecule has 0 aliphatic carbocycles. The van der Waals surface area contributed by atoms with Crippen molar-refractivity contribution in [1.29, 1.82) is 5.26 Å². The SMILES string of the molecule is N#Cc1ccc(-n2nc(Nc3ccc(N4CCOCC4)cc3)nc2N)nc1. The zero-order valence-electron chi connectivity index (χ0n) is 14.5. The highest BCUT2D eigenvalue weighted by Gasteiger charge is 2.12. The maximum Gasteiger partial charge on any atom is 0.248 e. The predicted molar refractivity (Wildman–Crippen MR) is 101 cm³/mol. The summed E-state index contributed by atoms with van der Waals surface area (Å²) in [5.41, 5.74) is 8.43. The van der Waals surface area contributed by atoms with Crippen LogP contribution in [0.4, 0.5) is 23.3 Å². The Labute approximate surface area is 156 Å². The molecule has 3 heterocycles. The number of ether oxygens (including phenoxy) is 1. The van der Waals surface area contributed by atoms with E-state index < -0.39 is 0 Å². The number of hydrogen-bond acceptors (Lipinski definition) is 8. The van der Waals surface area contributed by atoms with Crippen LogP contribution in [0, 0.1) is 11.3 Å². The van der Waals surface area contributed by atoms with Crippen LogP contribution in [-0.2, 0) is 4.74 Å². The second-order valence-corrected chi connectivity index (χ2v) is 5.99. The number of aromatic nitrogens is 4. The average molecular weight is 362 g/mol.